The minimum atomic E-state index is -0.0741. The first-order chi connectivity index (χ1) is 18.6. The van der Waals surface area contributed by atoms with Gasteiger partial charge in [0.2, 0.25) is 0 Å². The number of pyridine rings is 2. The molecule has 0 unspecified atom stereocenters. The third kappa shape index (κ3) is 4.66. The molecule has 8 heteroatoms. The first kappa shape index (κ1) is 24.6. The quantitative estimate of drug-likeness (QED) is 0.358. The maximum atomic E-state index is 5.97. The molecule has 0 aliphatic carbocycles. The Labute approximate surface area is 229 Å². The second-order valence-electron chi connectivity index (χ2n) is 9.89. The van der Waals surface area contributed by atoms with Crippen LogP contribution in [0.5, 0.6) is 0 Å². The van der Waals surface area contributed by atoms with Gasteiger partial charge in [0.15, 0.2) is 5.11 Å². The smallest absolute Gasteiger partial charge is 0.174 e. The van der Waals surface area contributed by atoms with Crippen LogP contribution in [-0.2, 0) is 11.3 Å². The molecule has 0 saturated carbocycles. The van der Waals surface area contributed by atoms with Gasteiger partial charge in [-0.1, -0.05) is 12.1 Å². The van der Waals surface area contributed by atoms with Crippen LogP contribution in [0.3, 0.4) is 0 Å². The van der Waals surface area contributed by atoms with Crippen molar-refractivity contribution in [3.63, 3.8) is 0 Å². The Morgan fingerprint density at radius 1 is 0.974 bits per heavy atom. The van der Waals surface area contributed by atoms with Crippen molar-refractivity contribution < 1.29 is 4.74 Å². The molecule has 3 aromatic heterocycles. The van der Waals surface area contributed by atoms with Crippen LogP contribution in [0.15, 0.2) is 79.3 Å². The van der Waals surface area contributed by atoms with Crippen LogP contribution in [0.4, 0.5) is 11.4 Å². The SMILES string of the molecule is Cc1cc([C@@H]2[C@H](c3ccccn3)NC(=S)N2c2ccc(N3CCOCC3)cc2)c(C)n1Cc1cccnc1. The van der Waals surface area contributed by atoms with Crippen molar-refractivity contribution in [3.05, 3.63) is 107 Å². The molecular weight excluding hydrogens is 492 g/mol. The average Bonchev–Trinajstić information content (AvgIpc) is 3.45. The summed E-state index contributed by atoms with van der Waals surface area (Å²) in [5.41, 5.74) is 8.11. The summed E-state index contributed by atoms with van der Waals surface area (Å²) in [6, 6.07) is 21.1. The molecule has 7 nitrogen and oxygen atoms in total. The lowest BCUT2D eigenvalue weighted by Crippen LogP contribution is -2.36. The maximum absolute atomic E-state index is 5.97. The Hall–Kier alpha value is -3.75. The van der Waals surface area contributed by atoms with E-state index in [1.165, 1.54) is 28.2 Å². The van der Waals surface area contributed by atoms with Gasteiger partial charge in [-0.05, 0) is 85.7 Å². The molecule has 0 bridgehead atoms. The van der Waals surface area contributed by atoms with Crippen LogP contribution < -0.4 is 15.1 Å². The lowest BCUT2D eigenvalue weighted by Gasteiger charge is -2.31. The van der Waals surface area contributed by atoms with Gasteiger partial charge in [0.05, 0.1) is 31.0 Å². The molecular formula is C30H32N6OS. The molecule has 2 fully saturated rings. The van der Waals surface area contributed by atoms with Crippen molar-refractivity contribution in [2.75, 3.05) is 36.1 Å². The molecule has 2 atom stereocenters. The Bertz CT molecular complexity index is 1400. The Balaban J connectivity index is 1.39. The molecule has 0 radical (unpaired) electrons. The van der Waals surface area contributed by atoms with E-state index in [0.717, 1.165) is 44.2 Å². The van der Waals surface area contributed by atoms with Crippen LogP contribution >= 0.6 is 12.2 Å². The van der Waals surface area contributed by atoms with Gasteiger partial charge in [-0.25, -0.2) is 0 Å². The number of hydrogen-bond acceptors (Lipinski definition) is 5. The zero-order valence-electron chi connectivity index (χ0n) is 21.7. The minimum absolute atomic E-state index is 0.0412. The monoisotopic (exact) mass is 524 g/mol. The molecule has 2 aliphatic rings. The molecule has 1 aromatic carbocycles. The lowest BCUT2D eigenvalue weighted by atomic mass is 9.96. The average molecular weight is 525 g/mol. The Kier molecular flexibility index (Phi) is 6.82. The molecule has 6 rings (SSSR count). The highest BCUT2D eigenvalue weighted by Crippen LogP contribution is 2.43. The minimum Gasteiger partial charge on any atom is -0.378 e. The predicted octanol–water partition coefficient (Wildman–Crippen LogP) is 4.96. The Morgan fingerprint density at radius 3 is 2.47 bits per heavy atom. The number of hydrogen-bond donors (Lipinski definition) is 1. The van der Waals surface area contributed by atoms with Crippen LogP contribution in [-0.4, -0.2) is 46.0 Å². The van der Waals surface area contributed by atoms with Crippen LogP contribution in [0.2, 0.25) is 0 Å². The molecule has 5 heterocycles. The fourth-order valence-corrected chi connectivity index (χ4v) is 5.99. The predicted molar refractivity (Wildman–Crippen MR) is 155 cm³/mol. The van der Waals surface area contributed by atoms with E-state index in [-0.39, 0.29) is 12.1 Å². The highest BCUT2D eigenvalue weighted by atomic mass is 32.1. The Morgan fingerprint density at radius 2 is 1.76 bits per heavy atom. The van der Waals surface area contributed by atoms with E-state index >= 15 is 0 Å². The van der Waals surface area contributed by atoms with Gasteiger partial charge in [-0.2, -0.15) is 0 Å². The van der Waals surface area contributed by atoms with E-state index < -0.39 is 0 Å². The summed E-state index contributed by atoms with van der Waals surface area (Å²) in [4.78, 5) is 13.7. The third-order valence-electron chi connectivity index (χ3n) is 7.60. The van der Waals surface area contributed by atoms with Gasteiger partial charge in [0, 0.05) is 61.0 Å². The third-order valence-corrected chi connectivity index (χ3v) is 7.91. The number of thiocarbonyl (C=S) groups is 1. The molecule has 38 heavy (non-hydrogen) atoms. The van der Waals surface area contributed by atoms with Crippen molar-refractivity contribution in [1.29, 1.82) is 0 Å². The second-order valence-corrected chi connectivity index (χ2v) is 10.3. The first-order valence-corrected chi connectivity index (χ1v) is 13.5. The number of rotatable bonds is 6. The molecule has 194 valence electrons. The van der Waals surface area contributed by atoms with Gasteiger partial charge in [-0.3, -0.25) is 9.97 Å². The summed E-state index contributed by atoms with van der Waals surface area (Å²) in [5, 5.41) is 4.31. The number of benzene rings is 1. The molecule has 2 aliphatic heterocycles. The molecule has 1 N–H and O–H groups in total. The van der Waals surface area contributed by atoms with Crippen molar-refractivity contribution in [1.82, 2.24) is 19.9 Å². The number of aryl methyl sites for hydroxylation is 1. The van der Waals surface area contributed by atoms with Crippen LogP contribution in [0.1, 0.15) is 40.3 Å². The molecule has 0 spiro atoms. The van der Waals surface area contributed by atoms with Crippen LogP contribution in [0.25, 0.3) is 0 Å². The fourth-order valence-electron chi connectivity index (χ4n) is 5.64. The number of ether oxygens (including phenoxy) is 1. The zero-order valence-corrected chi connectivity index (χ0v) is 22.6. The molecule has 2 saturated heterocycles. The van der Waals surface area contributed by atoms with Crippen molar-refractivity contribution >= 4 is 28.7 Å². The zero-order chi connectivity index (χ0) is 26.1. The van der Waals surface area contributed by atoms with Crippen molar-refractivity contribution in [3.8, 4) is 0 Å². The van der Waals surface area contributed by atoms with Crippen LogP contribution in [0, 0.1) is 13.8 Å². The normalized spacial score (nSPS) is 19.6. The van der Waals surface area contributed by atoms with Gasteiger partial charge in [-0.15, -0.1) is 0 Å². The summed E-state index contributed by atoms with van der Waals surface area (Å²) in [6.45, 7) is 8.51. The van der Waals surface area contributed by atoms with Gasteiger partial charge >= 0.3 is 0 Å². The van der Waals surface area contributed by atoms with Gasteiger partial charge in [0.25, 0.3) is 0 Å². The summed E-state index contributed by atoms with van der Waals surface area (Å²) in [5.74, 6) is 0. The highest BCUT2D eigenvalue weighted by molar-refractivity contribution is 7.80. The van der Waals surface area contributed by atoms with E-state index in [2.05, 4.69) is 81.0 Å². The summed E-state index contributed by atoms with van der Waals surface area (Å²) in [7, 11) is 0. The second kappa shape index (κ2) is 10.6. The summed E-state index contributed by atoms with van der Waals surface area (Å²) < 4.78 is 7.89. The first-order valence-electron chi connectivity index (χ1n) is 13.1. The van der Waals surface area contributed by atoms with Gasteiger partial charge < -0.3 is 24.4 Å². The standard InChI is InChI=1S/C30H32N6OS/c1-21-18-26(22(2)35(21)20-23-6-5-12-31-19-23)29-28(27-7-3-4-13-32-27)33-30(38)36(29)25-10-8-24(9-11-25)34-14-16-37-17-15-34/h3-13,18-19,28-29H,14-17,20H2,1-2H3,(H,33,38)/t28-,29+/m0/s1. The summed E-state index contributed by atoms with van der Waals surface area (Å²) >= 11 is 5.97. The van der Waals surface area contributed by atoms with E-state index in [9.17, 15) is 0 Å². The fraction of sp³-hybridized carbons (Fsp3) is 0.300. The number of morpholine rings is 1. The van der Waals surface area contributed by atoms with E-state index in [1.807, 2.05) is 36.8 Å². The van der Waals surface area contributed by atoms with E-state index in [4.69, 9.17) is 21.9 Å². The lowest BCUT2D eigenvalue weighted by molar-refractivity contribution is 0.122. The number of nitrogens with zero attached hydrogens (tertiary/aromatic N) is 5. The largest absolute Gasteiger partial charge is 0.378 e. The summed E-state index contributed by atoms with van der Waals surface area (Å²) in [6.07, 6.45) is 5.60. The highest BCUT2D eigenvalue weighted by Gasteiger charge is 2.42. The molecule has 0 amide bonds. The van der Waals surface area contributed by atoms with Crippen molar-refractivity contribution in [2.24, 2.45) is 0 Å². The topological polar surface area (TPSA) is 58.5 Å². The van der Waals surface area contributed by atoms with E-state index in [0.29, 0.717) is 5.11 Å². The van der Waals surface area contributed by atoms with Gasteiger partial charge in [0.1, 0.15) is 0 Å². The maximum Gasteiger partial charge on any atom is 0.174 e. The number of nitrogens with one attached hydrogen (secondary N) is 1. The van der Waals surface area contributed by atoms with E-state index in [1.54, 1.807) is 0 Å². The number of anilines is 2. The number of aromatic nitrogens is 3. The van der Waals surface area contributed by atoms with Crippen molar-refractivity contribution in [2.45, 2.75) is 32.5 Å². The molecule has 4 aromatic rings.